The van der Waals surface area contributed by atoms with Crippen LogP contribution in [0.15, 0.2) is 0 Å². The van der Waals surface area contributed by atoms with Crippen LogP contribution in [-0.4, -0.2) is 48.6 Å². The number of nitrogens with zero attached hydrogens (tertiary/aromatic N) is 1. The average Bonchev–Trinajstić information content (AvgIpc) is 2.65. The molecule has 1 rings (SSSR count). The molecule has 2 unspecified atom stereocenters. The highest BCUT2D eigenvalue weighted by Gasteiger charge is 2.33. The number of esters is 1. The summed E-state index contributed by atoms with van der Waals surface area (Å²) in [6.07, 6.45) is 3.05. The van der Waals surface area contributed by atoms with Crippen molar-refractivity contribution >= 4 is 11.9 Å². The maximum atomic E-state index is 11.0. The highest BCUT2D eigenvalue weighted by Crippen LogP contribution is 2.20. The van der Waals surface area contributed by atoms with Gasteiger partial charge in [-0.25, -0.2) is 0 Å². The number of amides is 1. The van der Waals surface area contributed by atoms with Crippen molar-refractivity contribution in [3.8, 4) is 0 Å². The maximum absolute atomic E-state index is 11.0. The Morgan fingerprint density at radius 1 is 1.39 bits per heavy atom. The van der Waals surface area contributed by atoms with Crippen LogP contribution in [0.1, 0.15) is 40.0 Å². The van der Waals surface area contributed by atoms with Crippen LogP contribution < -0.4 is 5.32 Å². The molecule has 0 radical (unpaired) electrons. The molecule has 0 bridgehead atoms. The molecule has 1 N–H and O–H groups in total. The molecule has 1 aliphatic heterocycles. The van der Waals surface area contributed by atoms with Gasteiger partial charge in [-0.2, -0.15) is 0 Å². The molecule has 1 fully saturated rings. The second-order valence-electron chi connectivity index (χ2n) is 4.91. The minimum atomic E-state index is -0.226. The summed E-state index contributed by atoms with van der Waals surface area (Å²) in [5, 5.41) is 2.85. The standard InChI is InChI=1S/C13H24N2O3/c1-4-5-6-15-9-13(18-11(3)17)7-12(15)8-14-10(2)16/h12-13H,4-9H2,1-3H3,(H,14,16). The second-order valence-corrected chi connectivity index (χ2v) is 4.91. The van der Waals surface area contributed by atoms with Gasteiger partial charge in [0.15, 0.2) is 0 Å². The molecular formula is C13H24N2O3. The molecule has 5 nitrogen and oxygen atoms in total. The normalized spacial score (nSPS) is 23.9. The molecule has 0 spiro atoms. The van der Waals surface area contributed by atoms with E-state index in [4.69, 9.17) is 4.74 Å². The number of nitrogens with one attached hydrogen (secondary N) is 1. The fourth-order valence-electron chi connectivity index (χ4n) is 2.37. The lowest BCUT2D eigenvalue weighted by atomic mass is 10.2. The second kappa shape index (κ2) is 7.36. The average molecular weight is 256 g/mol. The van der Waals surface area contributed by atoms with Crippen molar-refractivity contribution in [1.29, 1.82) is 0 Å². The van der Waals surface area contributed by atoms with E-state index in [-0.39, 0.29) is 24.0 Å². The molecule has 0 aromatic heterocycles. The number of unbranched alkanes of at least 4 members (excludes halogenated alkanes) is 1. The van der Waals surface area contributed by atoms with Crippen LogP contribution in [0.4, 0.5) is 0 Å². The Kier molecular flexibility index (Phi) is 6.12. The van der Waals surface area contributed by atoms with E-state index in [0.29, 0.717) is 6.54 Å². The van der Waals surface area contributed by atoms with E-state index in [1.165, 1.54) is 13.8 Å². The van der Waals surface area contributed by atoms with Gasteiger partial charge in [-0.1, -0.05) is 13.3 Å². The molecule has 0 aliphatic carbocycles. The summed E-state index contributed by atoms with van der Waals surface area (Å²) < 4.78 is 5.27. The van der Waals surface area contributed by atoms with Crippen molar-refractivity contribution in [3.63, 3.8) is 0 Å². The SMILES string of the molecule is CCCCN1CC(OC(C)=O)CC1CNC(C)=O. The molecule has 1 aliphatic rings. The fraction of sp³-hybridized carbons (Fsp3) is 0.846. The van der Waals surface area contributed by atoms with Gasteiger partial charge in [-0.05, 0) is 13.0 Å². The first-order valence-electron chi connectivity index (χ1n) is 6.68. The Balaban J connectivity index is 2.48. The molecule has 2 atom stereocenters. The maximum Gasteiger partial charge on any atom is 0.302 e. The predicted molar refractivity (Wildman–Crippen MR) is 69.1 cm³/mol. The summed E-state index contributed by atoms with van der Waals surface area (Å²) in [7, 11) is 0. The van der Waals surface area contributed by atoms with E-state index in [2.05, 4.69) is 17.1 Å². The van der Waals surface area contributed by atoms with E-state index >= 15 is 0 Å². The van der Waals surface area contributed by atoms with Crippen molar-refractivity contribution in [3.05, 3.63) is 0 Å². The number of rotatable bonds is 6. The topological polar surface area (TPSA) is 58.6 Å². The lowest BCUT2D eigenvalue weighted by molar-refractivity contribution is -0.145. The minimum Gasteiger partial charge on any atom is -0.461 e. The zero-order valence-corrected chi connectivity index (χ0v) is 11.6. The predicted octanol–water partition coefficient (Wildman–Crippen LogP) is 0.929. The van der Waals surface area contributed by atoms with Gasteiger partial charge >= 0.3 is 5.97 Å². The monoisotopic (exact) mass is 256 g/mol. The Bertz CT molecular complexity index is 294. The molecule has 0 aromatic rings. The molecule has 5 heteroatoms. The number of likely N-dealkylation sites (tertiary alicyclic amines) is 1. The third-order valence-corrected chi connectivity index (χ3v) is 3.21. The van der Waals surface area contributed by atoms with Gasteiger partial charge < -0.3 is 10.1 Å². The van der Waals surface area contributed by atoms with Gasteiger partial charge in [-0.15, -0.1) is 0 Å². The molecule has 0 saturated carbocycles. The van der Waals surface area contributed by atoms with E-state index < -0.39 is 0 Å². The van der Waals surface area contributed by atoms with E-state index in [9.17, 15) is 9.59 Å². The van der Waals surface area contributed by atoms with Crippen LogP contribution in [-0.2, 0) is 14.3 Å². The van der Waals surface area contributed by atoms with Crippen molar-refractivity contribution in [2.24, 2.45) is 0 Å². The zero-order chi connectivity index (χ0) is 13.5. The fourth-order valence-corrected chi connectivity index (χ4v) is 2.37. The summed E-state index contributed by atoms with van der Waals surface area (Å²) in [5.41, 5.74) is 0. The van der Waals surface area contributed by atoms with Gasteiger partial charge in [0.1, 0.15) is 6.10 Å². The summed E-state index contributed by atoms with van der Waals surface area (Å²) in [4.78, 5) is 24.3. The van der Waals surface area contributed by atoms with Crippen molar-refractivity contribution < 1.29 is 14.3 Å². The first kappa shape index (κ1) is 15.0. The van der Waals surface area contributed by atoms with Gasteiger partial charge in [0.2, 0.25) is 5.91 Å². The molecule has 1 amide bonds. The molecular weight excluding hydrogens is 232 g/mol. The largest absolute Gasteiger partial charge is 0.461 e. The van der Waals surface area contributed by atoms with Crippen molar-refractivity contribution in [2.75, 3.05) is 19.6 Å². The Labute approximate surface area is 109 Å². The van der Waals surface area contributed by atoms with Crippen LogP contribution >= 0.6 is 0 Å². The molecule has 1 heterocycles. The molecule has 1 saturated heterocycles. The van der Waals surface area contributed by atoms with Crippen LogP contribution in [0.3, 0.4) is 0 Å². The van der Waals surface area contributed by atoms with E-state index in [1.54, 1.807) is 0 Å². The highest BCUT2D eigenvalue weighted by molar-refractivity contribution is 5.72. The third kappa shape index (κ3) is 5.04. The number of carbonyl (C=O) groups is 2. The number of hydrogen-bond donors (Lipinski definition) is 1. The smallest absolute Gasteiger partial charge is 0.302 e. The lowest BCUT2D eigenvalue weighted by Crippen LogP contribution is -2.39. The van der Waals surface area contributed by atoms with Crippen LogP contribution in [0.25, 0.3) is 0 Å². The van der Waals surface area contributed by atoms with Crippen molar-refractivity contribution in [2.45, 2.75) is 52.2 Å². The molecule has 0 aromatic carbocycles. The van der Waals surface area contributed by atoms with Crippen LogP contribution in [0.5, 0.6) is 0 Å². The first-order valence-corrected chi connectivity index (χ1v) is 6.68. The summed E-state index contributed by atoms with van der Waals surface area (Å²) in [6.45, 7) is 7.54. The van der Waals surface area contributed by atoms with Crippen LogP contribution in [0, 0.1) is 0 Å². The first-order chi connectivity index (χ1) is 8.52. The molecule has 104 valence electrons. The Hall–Kier alpha value is -1.10. The summed E-state index contributed by atoms with van der Waals surface area (Å²) >= 11 is 0. The number of ether oxygens (including phenoxy) is 1. The number of carbonyl (C=O) groups excluding carboxylic acids is 2. The van der Waals surface area contributed by atoms with Gasteiger partial charge in [0.05, 0.1) is 0 Å². The van der Waals surface area contributed by atoms with Gasteiger partial charge in [0.25, 0.3) is 0 Å². The quantitative estimate of drug-likeness (QED) is 0.718. The zero-order valence-electron chi connectivity index (χ0n) is 11.6. The Morgan fingerprint density at radius 2 is 2.11 bits per heavy atom. The van der Waals surface area contributed by atoms with Gasteiger partial charge in [0, 0.05) is 39.4 Å². The third-order valence-electron chi connectivity index (χ3n) is 3.21. The number of hydrogen-bond acceptors (Lipinski definition) is 4. The highest BCUT2D eigenvalue weighted by atomic mass is 16.5. The lowest BCUT2D eigenvalue weighted by Gasteiger charge is -2.23. The summed E-state index contributed by atoms with van der Waals surface area (Å²) in [6, 6.07) is 0.282. The van der Waals surface area contributed by atoms with E-state index in [0.717, 1.165) is 32.4 Å². The van der Waals surface area contributed by atoms with Crippen molar-refractivity contribution in [1.82, 2.24) is 10.2 Å². The van der Waals surface area contributed by atoms with Gasteiger partial charge in [-0.3, -0.25) is 14.5 Å². The minimum absolute atomic E-state index is 0.0126. The molecule has 18 heavy (non-hydrogen) atoms. The Morgan fingerprint density at radius 3 is 2.67 bits per heavy atom. The van der Waals surface area contributed by atoms with Crippen LogP contribution in [0.2, 0.25) is 0 Å². The summed E-state index contributed by atoms with van der Waals surface area (Å²) in [5.74, 6) is -0.239. The van der Waals surface area contributed by atoms with E-state index in [1.807, 2.05) is 0 Å².